The Morgan fingerprint density at radius 1 is 1.17 bits per heavy atom. The molecule has 2 aromatic carbocycles. The van der Waals surface area contributed by atoms with Gasteiger partial charge in [0.1, 0.15) is 16.8 Å². The summed E-state index contributed by atoms with van der Waals surface area (Å²) in [5.41, 5.74) is 5.21. The van der Waals surface area contributed by atoms with Gasteiger partial charge in [0.05, 0.1) is 5.56 Å². The number of nitrogens with zero attached hydrogens (tertiary/aromatic N) is 1. The van der Waals surface area contributed by atoms with Crippen molar-refractivity contribution in [2.45, 2.75) is 33.1 Å². The third kappa shape index (κ3) is 4.39. The molecule has 1 aliphatic carbocycles. The van der Waals surface area contributed by atoms with Crippen LogP contribution in [-0.2, 0) is 17.6 Å². The van der Waals surface area contributed by atoms with Gasteiger partial charge in [-0.1, -0.05) is 48.9 Å². The molecule has 0 saturated carbocycles. The van der Waals surface area contributed by atoms with Gasteiger partial charge in [-0.3, -0.25) is 4.79 Å². The van der Waals surface area contributed by atoms with Crippen LogP contribution in [0.5, 0.6) is 5.75 Å². The Bertz CT molecular complexity index is 1090. The van der Waals surface area contributed by atoms with Crippen LogP contribution in [0.4, 0.5) is 5.00 Å². The van der Waals surface area contributed by atoms with Gasteiger partial charge in [-0.25, -0.2) is 0 Å². The van der Waals surface area contributed by atoms with Gasteiger partial charge in [0.15, 0.2) is 6.61 Å². The predicted molar refractivity (Wildman–Crippen MR) is 121 cm³/mol. The molecule has 0 bridgehead atoms. The first kappa shape index (κ1) is 20.2. The van der Waals surface area contributed by atoms with E-state index in [1.165, 1.54) is 21.8 Å². The summed E-state index contributed by atoms with van der Waals surface area (Å²) in [5.74, 6) is 1.01. The molecule has 1 amide bonds. The average molecular weight is 417 g/mol. The van der Waals surface area contributed by atoms with Gasteiger partial charge in [-0.15, -0.1) is 11.3 Å². The predicted octanol–water partition coefficient (Wildman–Crippen LogP) is 5.74. The van der Waals surface area contributed by atoms with Gasteiger partial charge in [0.2, 0.25) is 0 Å². The number of amides is 1. The van der Waals surface area contributed by atoms with Crippen molar-refractivity contribution in [2.75, 3.05) is 11.9 Å². The second-order valence-electron chi connectivity index (χ2n) is 7.89. The lowest BCUT2D eigenvalue weighted by atomic mass is 9.89. The van der Waals surface area contributed by atoms with Gasteiger partial charge in [-0.2, -0.15) is 5.26 Å². The largest absolute Gasteiger partial charge is 0.484 e. The van der Waals surface area contributed by atoms with Crippen LogP contribution in [0.25, 0.3) is 11.1 Å². The Hall–Kier alpha value is -3.10. The summed E-state index contributed by atoms with van der Waals surface area (Å²) >= 11 is 1.53. The number of rotatable bonds is 5. The van der Waals surface area contributed by atoms with E-state index in [0.717, 1.165) is 36.0 Å². The van der Waals surface area contributed by atoms with Crippen LogP contribution >= 0.6 is 11.3 Å². The zero-order valence-corrected chi connectivity index (χ0v) is 18.0. The highest BCUT2D eigenvalue weighted by atomic mass is 32.1. The summed E-state index contributed by atoms with van der Waals surface area (Å²) < 4.78 is 5.65. The molecule has 3 aromatic rings. The Balaban J connectivity index is 1.37. The smallest absolute Gasteiger partial charge is 0.262 e. The number of ether oxygens (including phenoxy) is 1. The molecule has 0 spiro atoms. The molecule has 30 heavy (non-hydrogen) atoms. The van der Waals surface area contributed by atoms with E-state index >= 15 is 0 Å². The van der Waals surface area contributed by atoms with Gasteiger partial charge in [0, 0.05) is 4.88 Å². The highest BCUT2D eigenvalue weighted by Gasteiger charge is 2.24. The molecule has 1 N–H and O–H groups in total. The lowest BCUT2D eigenvalue weighted by molar-refractivity contribution is -0.118. The Morgan fingerprint density at radius 2 is 1.83 bits per heavy atom. The lowest BCUT2D eigenvalue weighted by Crippen LogP contribution is -2.20. The van der Waals surface area contributed by atoms with Crippen molar-refractivity contribution in [1.29, 1.82) is 5.26 Å². The molecule has 0 aliphatic heterocycles. The zero-order chi connectivity index (χ0) is 21.1. The van der Waals surface area contributed by atoms with E-state index in [9.17, 15) is 10.1 Å². The number of nitrogens with one attached hydrogen (secondary N) is 1. The maximum absolute atomic E-state index is 12.4. The number of fused-ring (bicyclic) bond motifs is 1. The molecule has 0 radical (unpaired) electrons. The van der Waals surface area contributed by atoms with Gasteiger partial charge < -0.3 is 10.1 Å². The molecule has 0 fully saturated rings. The molecule has 0 saturated heterocycles. The quantitative estimate of drug-likeness (QED) is 0.577. The number of nitriles is 1. The Kier molecular flexibility index (Phi) is 5.87. The molecule has 1 aromatic heterocycles. The van der Waals surface area contributed by atoms with Gasteiger partial charge in [0.25, 0.3) is 5.91 Å². The minimum atomic E-state index is -0.249. The van der Waals surface area contributed by atoms with E-state index in [2.05, 4.69) is 49.5 Å². The summed E-state index contributed by atoms with van der Waals surface area (Å²) in [5, 5.41) is 13.1. The van der Waals surface area contributed by atoms with Crippen molar-refractivity contribution < 1.29 is 9.53 Å². The van der Waals surface area contributed by atoms with Gasteiger partial charge in [-0.05, 0) is 60.9 Å². The van der Waals surface area contributed by atoms with E-state index < -0.39 is 0 Å². The molecule has 1 aliphatic rings. The summed E-state index contributed by atoms with van der Waals surface area (Å²) in [6.07, 6.45) is 2.98. The fraction of sp³-hybridized carbons (Fsp3) is 0.280. The number of hydrogen-bond donors (Lipinski definition) is 1. The minimum absolute atomic E-state index is 0.0896. The molecule has 1 atom stereocenters. The SMILES string of the molecule is Cc1ccc(-c2ccc(OCC(=O)Nc3sc4c(c3C#N)CCC(C)C4)cc2)cc1. The first-order chi connectivity index (χ1) is 14.5. The van der Waals surface area contributed by atoms with Crippen molar-refractivity contribution in [3.05, 3.63) is 70.1 Å². The molecular formula is C25H24N2O2S. The fourth-order valence-corrected chi connectivity index (χ4v) is 5.14. The molecule has 5 heteroatoms. The number of anilines is 1. The van der Waals surface area contributed by atoms with E-state index in [1.807, 2.05) is 24.3 Å². The summed E-state index contributed by atoms with van der Waals surface area (Å²) in [6, 6.07) is 18.3. The molecule has 4 rings (SSSR count). The van der Waals surface area contributed by atoms with Crippen LogP contribution in [0.1, 0.15) is 34.9 Å². The number of thiophene rings is 1. The number of benzene rings is 2. The fourth-order valence-electron chi connectivity index (χ4n) is 3.76. The summed E-state index contributed by atoms with van der Waals surface area (Å²) in [7, 11) is 0. The number of aryl methyl sites for hydroxylation is 1. The second-order valence-corrected chi connectivity index (χ2v) is 9.00. The second kappa shape index (κ2) is 8.73. The van der Waals surface area contributed by atoms with E-state index in [1.54, 1.807) is 0 Å². The first-order valence-corrected chi connectivity index (χ1v) is 11.0. The topological polar surface area (TPSA) is 62.1 Å². The van der Waals surface area contributed by atoms with Crippen LogP contribution in [0.2, 0.25) is 0 Å². The number of hydrogen-bond acceptors (Lipinski definition) is 4. The monoisotopic (exact) mass is 416 g/mol. The van der Waals surface area contributed by atoms with Crippen molar-refractivity contribution in [3.63, 3.8) is 0 Å². The van der Waals surface area contributed by atoms with Gasteiger partial charge >= 0.3 is 0 Å². The molecule has 1 heterocycles. The summed E-state index contributed by atoms with van der Waals surface area (Å²) in [6.45, 7) is 4.20. The van der Waals surface area contributed by atoms with Crippen molar-refractivity contribution in [3.8, 4) is 22.9 Å². The van der Waals surface area contributed by atoms with E-state index in [4.69, 9.17) is 4.74 Å². The molecule has 1 unspecified atom stereocenters. The maximum Gasteiger partial charge on any atom is 0.262 e. The normalized spacial score (nSPS) is 15.2. The van der Waals surface area contributed by atoms with Crippen molar-refractivity contribution in [1.82, 2.24) is 0 Å². The van der Waals surface area contributed by atoms with Crippen LogP contribution < -0.4 is 10.1 Å². The van der Waals surface area contributed by atoms with Crippen LogP contribution in [-0.4, -0.2) is 12.5 Å². The van der Waals surface area contributed by atoms with Crippen molar-refractivity contribution in [2.24, 2.45) is 5.92 Å². The standard InChI is InChI=1S/C25H24N2O2S/c1-16-3-6-18(7-4-16)19-8-10-20(11-9-19)29-15-24(28)27-25-22(14-26)21-12-5-17(2)13-23(21)30-25/h3-4,6-11,17H,5,12-13,15H2,1-2H3,(H,27,28). The number of carbonyl (C=O) groups is 1. The third-order valence-corrected chi connectivity index (χ3v) is 6.66. The minimum Gasteiger partial charge on any atom is -0.484 e. The Morgan fingerprint density at radius 3 is 2.50 bits per heavy atom. The third-order valence-electron chi connectivity index (χ3n) is 5.49. The first-order valence-electron chi connectivity index (χ1n) is 10.2. The number of carbonyl (C=O) groups excluding carboxylic acids is 1. The Labute approximate surface area is 181 Å². The van der Waals surface area contributed by atoms with Crippen LogP contribution in [0.15, 0.2) is 48.5 Å². The molecular weight excluding hydrogens is 392 g/mol. The summed E-state index contributed by atoms with van der Waals surface area (Å²) in [4.78, 5) is 13.6. The van der Waals surface area contributed by atoms with E-state index in [-0.39, 0.29) is 12.5 Å². The van der Waals surface area contributed by atoms with E-state index in [0.29, 0.717) is 22.2 Å². The highest BCUT2D eigenvalue weighted by Crippen LogP contribution is 2.39. The van der Waals surface area contributed by atoms with Crippen LogP contribution in [0.3, 0.4) is 0 Å². The van der Waals surface area contributed by atoms with Crippen molar-refractivity contribution >= 4 is 22.2 Å². The zero-order valence-electron chi connectivity index (χ0n) is 17.2. The molecule has 4 nitrogen and oxygen atoms in total. The molecule has 152 valence electrons. The maximum atomic E-state index is 12.4. The highest BCUT2D eigenvalue weighted by molar-refractivity contribution is 7.16. The van der Waals surface area contributed by atoms with Crippen LogP contribution in [0, 0.1) is 24.2 Å². The average Bonchev–Trinajstić information content (AvgIpc) is 3.09. The lowest BCUT2D eigenvalue weighted by Gasteiger charge is -2.17.